The minimum absolute atomic E-state index is 0.133. The Hall–Kier alpha value is -2.35. The van der Waals surface area contributed by atoms with Gasteiger partial charge in [0.2, 0.25) is 5.91 Å². The van der Waals surface area contributed by atoms with Crippen LogP contribution in [0, 0.1) is 5.92 Å². The third kappa shape index (κ3) is 1.95. The number of anilines is 2. The maximum absolute atomic E-state index is 11.2. The lowest BCUT2D eigenvalue weighted by atomic mass is 10.1. The van der Waals surface area contributed by atoms with E-state index in [-0.39, 0.29) is 11.8 Å². The van der Waals surface area contributed by atoms with Crippen LogP contribution in [-0.2, 0) is 4.79 Å². The minimum Gasteiger partial charge on any atom is -0.369 e. The summed E-state index contributed by atoms with van der Waals surface area (Å²) in [6.07, 6.45) is 6.02. The Morgan fingerprint density at radius 3 is 3.05 bits per heavy atom. The first kappa shape index (κ1) is 11.7. The zero-order valence-electron chi connectivity index (χ0n) is 10.3. The van der Waals surface area contributed by atoms with Gasteiger partial charge in [0.25, 0.3) is 0 Å². The molecule has 19 heavy (non-hydrogen) atoms. The molecule has 0 bridgehead atoms. The topological polar surface area (TPSA) is 115 Å². The van der Waals surface area contributed by atoms with Gasteiger partial charge in [-0.1, -0.05) is 0 Å². The van der Waals surface area contributed by atoms with Gasteiger partial charge in [0, 0.05) is 25.5 Å². The molecule has 8 nitrogen and oxygen atoms in total. The third-order valence-electron chi connectivity index (χ3n) is 3.39. The highest BCUT2D eigenvalue weighted by Gasteiger charge is 2.29. The first-order valence-electron chi connectivity index (χ1n) is 6.03. The summed E-state index contributed by atoms with van der Waals surface area (Å²) in [6, 6.07) is 0. The highest BCUT2D eigenvalue weighted by atomic mass is 16.1. The van der Waals surface area contributed by atoms with Gasteiger partial charge in [0.1, 0.15) is 0 Å². The van der Waals surface area contributed by atoms with Gasteiger partial charge in [0.05, 0.1) is 12.1 Å². The van der Waals surface area contributed by atoms with E-state index in [9.17, 15) is 4.79 Å². The number of hydrogen-bond donors (Lipinski definition) is 3. The maximum Gasteiger partial charge on any atom is 0.222 e. The molecular weight excluding hydrogens is 246 g/mol. The summed E-state index contributed by atoms with van der Waals surface area (Å²) in [4.78, 5) is 22.0. The Morgan fingerprint density at radius 2 is 2.37 bits per heavy atom. The lowest BCUT2D eigenvalue weighted by Crippen LogP contribution is -2.28. The SMILES string of the molecule is NNc1cn2ccnc2c(N2CCC(C(N)=O)C2)n1. The molecule has 1 fully saturated rings. The van der Waals surface area contributed by atoms with E-state index < -0.39 is 0 Å². The summed E-state index contributed by atoms with van der Waals surface area (Å²) in [5, 5.41) is 0. The molecule has 8 heteroatoms. The number of carbonyl (C=O) groups is 1. The standard InChI is InChI=1S/C11H15N7O/c12-9(19)7-1-3-17(5-7)11-10-14-2-4-18(10)6-8(15-11)16-13/h2,4,6-7,16H,1,3,5,13H2,(H2,12,19). The molecule has 0 aliphatic carbocycles. The summed E-state index contributed by atoms with van der Waals surface area (Å²) in [5.41, 5.74) is 8.62. The van der Waals surface area contributed by atoms with Gasteiger partial charge in [-0.05, 0) is 6.42 Å². The number of amides is 1. The Balaban J connectivity index is 2.00. The van der Waals surface area contributed by atoms with Gasteiger partial charge in [-0.3, -0.25) is 4.79 Å². The highest BCUT2D eigenvalue weighted by Crippen LogP contribution is 2.26. The Morgan fingerprint density at radius 1 is 1.53 bits per heavy atom. The van der Waals surface area contributed by atoms with Crippen molar-refractivity contribution in [1.82, 2.24) is 14.4 Å². The fourth-order valence-corrected chi connectivity index (χ4v) is 2.38. The van der Waals surface area contributed by atoms with Gasteiger partial charge >= 0.3 is 0 Å². The summed E-state index contributed by atoms with van der Waals surface area (Å²) >= 11 is 0. The second-order valence-electron chi connectivity index (χ2n) is 4.59. The molecule has 1 aliphatic heterocycles. The van der Waals surface area contributed by atoms with Crippen molar-refractivity contribution in [1.29, 1.82) is 0 Å². The second-order valence-corrected chi connectivity index (χ2v) is 4.59. The lowest BCUT2D eigenvalue weighted by molar-refractivity contribution is -0.121. The zero-order chi connectivity index (χ0) is 13.4. The van der Waals surface area contributed by atoms with Crippen molar-refractivity contribution in [3.63, 3.8) is 0 Å². The number of imidazole rings is 1. The largest absolute Gasteiger partial charge is 0.369 e. The molecule has 5 N–H and O–H groups in total. The Kier molecular flexibility index (Phi) is 2.71. The van der Waals surface area contributed by atoms with Crippen molar-refractivity contribution in [3.05, 3.63) is 18.6 Å². The number of nitrogens with one attached hydrogen (secondary N) is 1. The average Bonchev–Trinajstić information content (AvgIpc) is 3.06. The average molecular weight is 261 g/mol. The highest BCUT2D eigenvalue weighted by molar-refractivity contribution is 5.79. The molecule has 3 heterocycles. The molecule has 2 aromatic rings. The molecule has 1 atom stereocenters. The van der Waals surface area contributed by atoms with E-state index in [0.717, 1.165) is 18.6 Å². The fourth-order valence-electron chi connectivity index (χ4n) is 2.38. The van der Waals surface area contributed by atoms with E-state index >= 15 is 0 Å². The lowest BCUT2D eigenvalue weighted by Gasteiger charge is -2.18. The van der Waals surface area contributed by atoms with E-state index in [2.05, 4.69) is 15.4 Å². The van der Waals surface area contributed by atoms with E-state index in [1.165, 1.54) is 0 Å². The maximum atomic E-state index is 11.2. The molecule has 0 spiro atoms. The van der Waals surface area contributed by atoms with Crippen molar-refractivity contribution in [2.45, 2.75) is 6.42 Å². The van der Waals surface area contributed by atoms with Crippen molar-refractivity contribution < 1.29 is 4.79 Å². The number of aromatic nitrogens is 3. The van der Waals surface area contributed by atoms with Crippen LogP contribution in [0.25, 0.3) is 5.65 Å². The molecule has 1 aliphatic rings. The number of rotatable bonds is 3. The number of nitrogens with zero attached hydrogens (tertiary/aromatic N) is 4. The molecule has 1 saturated heterocycles. The van der Waals surface area contributed by atoms with Gasteiger partial charge in [-0.15, -0.1) is 0 Å². The van der Waals surface area contributed by atoms with Crippen molar-refractivity contribution in [2.24, 2.45) is 17.5 Å². The fraction of sp³-hybridized carbons (Fsp3) is 0.364. The number of primary amides is 1. The number of hydrogen-bond acceptors (Lipinski definition) is 6. The molecule has 1 unspecified atom stereocenters. The van der Waals surface area contributed by atoms with Crippen LogP contribution >= 0.6 is 0 Å². The quantitative estimate of drug-likeness (QED) is 0.498. The van der Waals surface area contributed by atoms with Gasteiger partial charge in [-0.2, -0.15) is 0 Å². The van der Waals surface area contributed by atoms with Crippen molar-refractivity contribution in [3.8, 4) is 0 Å². The van der Waals surface area contributed by atoms with E-state index in [1.54, 1.807) is 12.4 Å². The number of fused-ring (bicyclic) bond motifs is 1. The predicted octanol–water partition coefficient (Wildman–Crippen LogP) is -0.673. The predicted molar refractivity (Wildman–Crippen MR) is 70.3 cm³/mol. The van der Waals surface area contributed by atoms with Crippen LogP contribution in [0.4, 0.5) is 11.6 Å². The van der Waals surface area contributed by atoms with Crippen LogP contribution in [-0.4, -0.2) is 33.4 Å². The van der Waals surface area contributed by atoms with E-state index in [1.807, 2.05) is 15.5 Å². The van der Waals surface area contributed by atoms with Gasteiger partial charge < -0.3 is 20.5 Å². The Bertz CT molecular complexity index is 623. The smallest absolute Gasteiger partial charge is 0.222 e. The van der Waals surface area contributed by atoms with Crippen LogP contribution in [0.5, 0.6) is 0 Å². The second kappa shape index (κ2) is 4.39. The molecule has 0 radical (unpaired) electrons. The first-order valence-corrected chi connectivity index (χ1v) is 6.03. The van der Waals surface area contributed by atoms with Crippen molar-refractivity contribution in [2.75, 3.05) is 23.4 Å². The summed E-state index contributed by atoms with van der Waals surface area (Å²) < 4.78 is 1.84. The van der Waals surface area contributed by atoms with Crippen LogP contribution in [0.1, 0.15) is 6.42 Å². The monoisotopic (exact) mass is 261 g/mol. The molecule has 1 amide bonds. The van der Waals surface area contributed by atoms with Crippen LogP contribution in [0.3, 0.4) is 0 Å². The molecular formula is C11H15N7O. The normalized spacial score (nSPS) is 19.0. The minimum atomic E-state index is -0.269. The summed E-state index contributed by atoms with van der Waals surface area (Å²) in [6.45, 7) is 1.30. The Labute approximate surface area is 109 Å². The summed E-state index contributed by atoms with van der Waals surface area (Å²) in [5.74, 6) is 6.27. The molecule has 3 rings (SSSR count). The molecule has 0 saturated carbocycles. The third-order valence-corrected chi connectivity index (χ3v) is 3.39. The van der Waals surface area contributed by atoms with Crippen molar-refractivity contribution >= 4 is 23.2 Å². The van der Waals surface area contributed by atoms with E-state index in [4.69, 9.17) is 11.6 Å². The van der Waals surface area contributed by atoms with Gasteiger partial charge in [0.15, 0.2) is 17.3 Å². The summed E-state index contributed by atoms with van der Waals surface area (Å²) in [7, 11) is 0. The van der Waals surface area contributed by atoms with E-state index in [0.29, 0.717) is 18.2 Å². The number of nitrogens with two attached hydrogens (primary N) is 2. The van der Waals surface area contributed by atoms with Gasteiger partial charge in [-0.25, -0.2) is 15.8 Å². The first-order chi connectivity index (χ1) is 9.19. The van der Waals surface area contributed by atoms with Crippen LogP contribution in [0.2, 0.25) is 0 Å². The zero-order valence-corrected chi connectivity index (χ0v) is 10.3. The van der Waals surface area contributed by atoms with Crippen LogP contribution < -0.4 is 21.9 Å². The molecule has 0 aromatic carbocycles. The molecule has 2 aromatic heterocycles. The number of hydrazine groups is 1. The van der Waals surface area contributed by atoms with Crippen LogP contribution in [0.15, 0.2) is 18.6 Å². The number of carbonyl (C=O) groups excluding carboxylic acids is 1. The number of nitrogen functional groups attached to an aromatic ring is 1. The molecule has 100 valence electrons.